The lowest BCUT2D eigenvalue weighted by molar-refractivity contribution is -0.144. The van der Waals surface area contributed by atoms with E-state index in [1.54, 1.807) is 0 Å². The molecule has 8 heteroatoms. The van der Waals surface area contributed by atoms with Crippen LogP contribution in [0.4, 0.5) is 0 Å². The fourth-order valence-electron chi connectivity index (χ4n) is 1.94. The molecule has 7 nitrogen and oxygen atoms in total. The van der Waals surface area contributed by atoms with E-state index in [4.69, 9.17) is 14.9 Å². The van der Waals surface area contributed by atoms with Gasteiger partial charge in [-0.05, 0) is 19.4 Å². The molecule has 0 aromatic rings. The molecule has 2 atom stereocenters. The highest BCUT2D eigenvalue weighted by Gasteiger charge is 2.35. The van der Waals surface area contributed by atoms with Crippen LogP contribution < -0.4 is 5.32 Å². The smallest absolute Gasteiger partial charge is 0.326 e. The topological polar surface area (TPSA) is 124 Å². The molecule has 1 aliphatic rings. The molecule has 0 radical (unpaired) electrons. The second-order valence-corrected chi connectivity index (χ2v) is 5.90. The Kier molecular flexibility index (Phi) is 4.82. The molecule has 0 bridgehead atoms. The number of rotatable bonds is 5. The minimum absolute atomic E-state index is 0.277. The average molecular weight is 265 g/mol. The quantitative estimate of drug-likeness (QED) is 0.497. The Morgan fingerprint density at radius 3 is 2.53 bits per heavy atom. The number of Topliss-reactive ketones (excluding diaryl/α,β-unsaturated/α-hetero) is 1. The van der Waals surface area contributed by atoms with E-state index < -0.39 is 37.5 Å². The molecule has 0 saturated carbocycles. The summed E-state index contributed by atoms with van der Waals surface area (Å²) >= 11 is 0. The molecule has 1 saturated heterocycles. The molecule has 1 heterocycles. The zero-order chi connectivity index (χ0) is 13.1. The molecule has 0 aliphatic carbocycles. The van der Waals surface area contributed by atoms with E-state index in [0.717, 1.165) is 0 Å². The average Bonchev–Trinajstić information content (AvgIpc) is 2.25. The van der Waals surface area contributed by atoms with Gasteiger partial charge >= 0.3 is 13.6 Å². The Morgan fingerprint density at radius 2 is 2.00 bits per heavy atom. The van der Waals surface area contributed by atoms with E-state index in [2.05, 4.69) is 5.32 Å². The fraction of sp³-hybridized carbons (Fsp3) is 0.778. The maximum absolute atomic E-state index is 11.7. The van der Waals surface area contributed by atoms with Gasteiger partial charge in [0.2, 0.25) is 0 Å². The first kappa shape index (κ1) is 14.3. The fourth-order valence-corrected chi connectivity index (χ4v) is 2.45. The molecule has 0 spiro atoms. The maximum atomic E-state index is 11.7. The number of hydrogen-bond donors (Lipinski definition) is 4. The zero-order valence-corrected chi connectivity index (χ0v) is 10.1. The van der Waals surface area contributed by atoms with Crippen LogP contribution in [-0.4, -0.2) is 45.4 Å². The summed E-state index contributed by atoms with van der Waals surface area (Å²) in [5.41, 5.74) is 0. The summed E-state index contributed by atoms with van der Waals surface area (Å²) in [6.07, 6.45) is 0.342. The SMILES string of the molecule is O=C(CCP(=O)(O)O)C1CCCNC1C(=O)O. The Balaban J connectivity index is 2.59. The van der Waals surface area contributed by atoms with Gasteiger partial charge in [0.05, 0.1) is 6.16 Å². The highest BCUT2D eigenvalue weighted by Crippen LogP contribution is 2.35. The molecule has 0 amide bonds. The first-order valence-electron chi connectivity index (χ1n) is 5.35. The predicted octanol–water partition coefficient (Wildman–Crippen LogP) is -0.424. The van der Waals surface area contributed by atoms with Gasteiger partial charge in [-0.1, -0.05) is 0 Å². The predicted molar refractivity (Wildman–Crippen MR) is 58.7 cm³/mol. The normalized spacial score (nSPS) is 25.5. The van der Waals surface area contributed by atoms with E-state index in [1.165, 1.54) is 0 Å². The number of nitrogens with one attached hydrogen (secondary N) is 1. The Bertz CT molecular complexity index is 351. The maximum Gasteiger partial charge on any atom is 0.326 e. The van der Waals surface area contributed by atoms with Crippen LogP contribution in [0.2, 0.25) is 0 Å². The third kappa shape index (κ3) is 4.55. The van der Waals surface area contributed by atoms with Crippen molar-refractivity contribution in [3.63, 3.8) is 0 Å². The van der Waals surface area contributed by atoms with Crippen molar-refractivity contribution in [2.45, 2.75) is 25.3 Å². The van der Waals surface area contributed by atoms with Crippen molar-refractivity contribution in [3.05, 3.63) is 0 Å². The molecule has 1 rings (SSSR count). The Morgan fingerprint density at radius 1 is 1.35 bits per heavy atom. The molecule has 98 valence electrons. The first-order chi connectivity index (χ1) is 7.81. The standard InChI is InChI=1S/C9H16NO6P/c11-7(3-5-17(14,15)16)6-2-1-4-10-8(6)9(12)13/h6,8,10H,1-5H2,(H,12,13)(H2,14,15,16). The minimum atomic E-state index is -4.20. The summed E-state index contributed by atoms with van der Waals surface area (Å²) in [4.78, 5) is 39.9. The van der Waals surface area contributed by atoms with Crippen molar-refractivity contribution in [3.8, 4) is 0 Å². The lowest BCUT2D eigenvalue weighted by Crippen LogP contribution is -2.49. The van der Waals surface area contributed by atoms with Gasteiger partial charge in [0.25, 0.3) is 0 Å². The van der Waals surface area contributed by atoms with Gasteiger partial charge in [0, 0.05) is 12.3 Å². The number of carboxylic acids is 1. The Labute approximate surface area is 98.4 Å². The summed E-state index contributed by atoms with van der Waals surface area (Å²) in [5, 5.41) is 11.6. The highest BCUT2D eigenvalue weighted by atomic mass is 31.2. The summed E-state index contributed by atoms with van der Waals surface area (Å²) in [6.45, 7) is 0.541. The van der Waals surface area contributed by atoms with Crippen LogP contribution in [0.1, 0.15) is 19.3 Å². The molecule has 17 heavy (non-hydrogen) atoms. The van der Waals surface area contributed by atoms with Crippen LogP contribution in [-0.2, 0) is 14.2 Å². The van der Waals surface area contributed by atoms with Crippen molar-refractivity contribution in [2.24, 2.45) is 5.92 Å². The van der Waals surface area contributed by atoms with Crippen LogP contribution in [0.25, 0.3) is 0 Å². The zero-order valence-electron chi connectivity index (χ0n) is 9.20. The van der Waals surface area contributed by atoms with E-state index >= 15 is 0 Å². The van der Waals surface area contributed by atoms with Crippen molar-refractivity contribution in [2.75, 3.05) is 12.7 Å². The van der Waals surface area contributed by atoms with Crippen molar-refractivity contribution >= 4 is 19.3 Å². The van der Waals surface area contributed by atoms with Crippen molar-refractivity contribution in [1.29, 1.82) is 0 Å². The monoisotopic (exact) mass is 265 g/mol. The third-order valence-electron chi connectivity index (χ3n) is 2.79. The van der Waals surface area contributed by atoms with Crippen LogP contribution in [0.5, 0.6) is 0 Å². The van der Waals surface area contributed by atoms with Crippen LogP contribution in [0, 0.1) is 5.92 Å². The van der Waals surface area contributed by atoms with E-state index in [-0.39, 0.29) is 6.42 Å². The molecule has 0 aromatic heterocycles. The second kappa shape index (κ2) is 5.73. The number of ketones is 1. The van der Waals surface area contributed by atoms with Crippen molar-refractivity contribution < 1.29 is 29.0 Å². The molecular weight excluding hydrogens is 249 g/mol. The number of carbonyl (C=O) groups is 2. The van der Waals surface area contributed by atoms with E-state index in [0.29, 0.717) is 19.4 Å². The molecular formula is C9H16NO6P. The minimum Gasteiger partial charge on any atom is -0.480 e. The van der Waals surface area contributed by atoms with Crippen LogP contribution in [0.15, 0.2) is 0 Å². The van der Waals surface area contributed by atoms with Crippen LogP contribution in [0.3, 0.4) is 0 Å². The van der Waals surface area contributed by atoms with Gasteiger partial charge in [-0.2, -0.15) is 0 Å². The molecule has 0 aromatic carbocycles. The number of piperidine rings is 1. The Hall–Kier alpha value is -0.750. The van der Waals surface area contributed by atoms with Gasteiger partial charge in [-0.15, -0.1) is 0 Å². The molecule has 1 aliphatic heterocycles. The first-order valence-corrected chi connectivity index (χ1v) is 7.14. The number of hydrogen-bond acceptors (Lipinski definition) is 4. The number of carboxylic acid groups (broad SMARTS) is 1. The van der Waals surface area contributed by atoms with Gasteiger partial charge in [-0.25, -0.2) is 0 Å². The number of aliphatic carboxylic acids is 1. The summed E-state index contributed by atoms with van der Waals surface area (Å²) in [5.74, 6) is -2.18. The lowest BCUT2D eigenvalue weighted by Gasteiger charge is -2.28. The summed E-state index contributed by atoms with van der Waals surface area (Å²) in [6, 6.07) is -0.937. The van der Waals surface area contributed by atoms with Gasteiger partial charge in [0.15, 0.2) is 0 Å². The number of carbonyl (C=O) groups excluding carboxylic acids is 1. The lowest BCUT2D eigenvalue weighted by atomic mass is 9.86. The molecule has 4 N–H and O–H groups in total. The summed E-state index contributed by atoms with van der Waals surface area (Å²) < 4.78 is 10.6. The molecule has 1 fully saturated rings. The van der Waals surface area contributed by atoms with Gasteiger partial charge in [0.1, 0.15) is 11.8 Å². The highest BCUT2D eigenvalue weighted by molar-refractivity contribution is 7.51. The van der Waals surface area contributed by atoms with Crippen molar-refractivity contribution in [1.82, 2.24) is 5.32 Å². The molecule has 2 unspecified atom stereocenters. The van der Waals surface area contributed by atoms with Gasteiger partial charge in [-0.3, -0.25) is 14.2 Å². The van der Waals surface area contributed by atoms with Crippen LogP contribution >= 0.6 is 7.60 Å². The van der Waals surface area contributed by atoms with Gasteiger partial charge < -0.3 is 20.2 Å². The largest absolute Gasteiger partial charge is 0.480 e. The van der Waals surface area contributed by atoms with E-state index in [1.807, 2.05) is 0 Å². The second-order valence-electron chi connectivity index (χ2n) is 4.12. The summed E-state index contributed by atoms with van der Waals surface area (Å²) in [7, 11) is -4.20. The van der Waals surface area contributed by atoms with E-state index in [9.17, 15) is 14.2 Å². The third-order valence-corrected chi connectivity index (χ3v) is 3.59.